The number of rotatable bonds is 5. The third kappa shape index (κ3) is 4.01. The SMILES string of the molecule is C[C@@H]1Cc2ccccc2N1C(=O)COC(=O)c1cc(S(=O)(=O)N(C)C)ccc1F. The molecule has 0 saturated carbocycles. The minimum atomic E-state index is -3.85. The maximum absolute atomic E-state index is 14.1. The molecule has 9 heteroatoms. The molecule has 7 nitrogen and oxygen atoms in total. The summed E-state index contributed by atoms with van der Waals surface area (Å²) in [6, 6.07) is 10.2. The molecule has 3 rings (SSSR count). The number of benzene rings is 2. The number of anilines is 1. The molecule has 1 amide bonds. The van der Waals surface area contributed by atoms with Crippen LogP contribution in [0.15, 0.2) is 47.4 Å². The van der Waals surface area contributed by atoms with Gasteiger partial charge < -0.3 is 9.64 Å². The van der Waals surface area contributed by atoms with Gasteiger partial charge in [-0.3, -0.25) is 4.79 Å². The van der Waals surface area contributed by atoms with E-state index in [4.69, 9.17) is 4.74 Å². The highest BCUT2D eigenvalue weighted by Crippen LogP contribution is 2.31. The van der Waals surface area contributed by atoms with Gasteiger partial charge in [-0.2, -0.15) is 0 Å². The number of amides is 1. The second-order valence-electron chi connectivity index (χ2n) is 6.95. The Morgan fingerprint density at radius 3 is 2.59 bits per heavy atom. The zero-order valence-electron chi connectivity index (χ0n) is 16.3. The van der Waals surface area contributed by atoms with Crippen molar-refractivity contribution in [3.05, 3.63) is 59.4 Å². The molecule has 2 aromatic carbocycles. The maximum Gasteiger partial charge on any atom is 0.341 e. The van der Waals surface area contributed by atoms with Crippen molar-refractivity contribution in [2.24, 2.45) is 0 Å². The highest BCUT2D eigenvalue weighted by atomic mass is 32.2. The van der Waals surface area contributed by atoms with Crippen molar-refractivity contribution >= 4 is 27.6 Å². The van der Waals surface area contributed by atoms with Crippen LogP contribution >= 0.6 is 0 Å². The van der Waals surface area contributed by atoms with Crippen LogP contribution in [0.5, 0.6) is 0 Å². The van der Waals surface area contributed by atoms with Crippen LogP contribution in [0.4, 0.5) is 10.1 Å². The molecule has 2 aromatic rings. The molecule has 1 aliphatic heterocycles. The molecule has 0 radical (unpaired) electrons. The van der Waals surface area contributed by atoms with Crippen molar-refractivity contribution in [1.29, 1.82) is 0 Å². The van der Waals surface area contributed by atoms with Crippen molar-refractivity contribution in [2.75, 3.05) is 25.6 Å². The number of halogens is 1. The number of para-hydroxylation sites is 1. The number of hydrogen-bond acceptors (Lipinski definition) is 5. The Morgan fingerprint density at radius 2 is 1.90 bits per heavy atom. The zero-order valence-corrected chi connectivity index (χ0v) is 17.1. The highest BCUT2D eigenvalue weighted by Gasteiger charge is 2.31. The Morgan fingerprint density at radius 1 is 1.21 bits per heavy atom. The Labute approximate surface area is 168 Å². The fraction of sp³-hybridized carbons (Fsp3) is 0.300. The normalized spacial score (nSPS) is 16.0. The van der Waals surface area contributed by atoms with E-state index in [1.54, 1.807) is 4.90 Å². The van der Waals surface area contributed by atoms with E-state index in [9.17, 15) is 22.4 Å². The Hall–Kier alpha value is -2.78. The molecule has 0 aromatic heterocycles. The van der Waals surface area contributed by atoms with Crippen LogP contribution < -0.4 is 4.90 Å². The maximum atomic E-state index is 14.1. The topological polar surface area (TPSA) is 84.0 Å². The van der Waals surface area contributed by atoms with E-state index in [1.165, 1.54) is 14.1 Å². The van der Waals surface area contributed by atoms with Gasteiger partial charge in [0.2, 0.25) is 10.0 Å². The quantitative estimate of drug-likeness (QED) is 0.693. The van der Waals surface area contributed by atoms with Gasteiger partial charge in [0.05, 0.1) is 10.5 Å². The van der Waals surface area contributed by atoms with Crippen LogP contribution in [-0.4, -0.2) is 51.3 Å². The van der Waals surface area contributed by atoms with E-state index < -0.39 is 39.9 Å². The second-order valence-corrected chi connectivity index (χ2v) is 9.10. The van der Waals surface area contributed by atoms with E-state index >= 15 is 0 Å². The number of carbonyl (C=O) groups is 2. The van der Waals surface area contributed by atoms with Gasteiger partial charge >= 0.3 is 5.97 Å². The van der Waals surface area contributed by atoms with E-state index in [0.717, 1.165) is 33.8 Å². The summed E-state index contributed by atoms with van der Waals surface area (Å²) >= 11 is 0. The molecule has 1 aliphatic rings. The summed E-state index contributed by atoms with van der Waals surface area (Å²) in [6.07, 6.45) is 0.689. The summed E-state index contributed by atoms with van der Waals surface area (Å²) in [5, 5.41) is 0. The average molecular weight is 420 g/mol. The molecule has 0 fully saturated rings. The van der Waals surface area contributed by atoms with Crippen LogP contribution in [0.25, 0.3) is 0 Å². The first-order valence-corrected chi connectivity index (χ1v) is 10.4. The predicted octanol–water partition coefficient (Wildman–Crippen LogP) is 2.21. The van der Waals surface area contributed by atoms with Gasteiger partial charge in [-0.1, -0.05) is 18.2 Å². The van der Waals surface area contributed by atoms with Crippen LogP contribution in [0.2, 0.25) is 0 Å². The van der Waals surface area contributed by atoms with Gasteiger partial charge in [-0.15, -0.1) is 0 Å². The lowest BCUT2D eigenvalue weighted by molar-refractivity contribution is -0.122. The van der Waals surface area contributed by atoms with Gasteiger partial charge in [0, 0.05) is 25.8 Å². The number of ether oxygens (including phenoxy) is 1. The van der Waals surface area contributed by atoms with Gasteiger partial charge in [-0.05, 0) is 43.2 Å². The molecule has 0 aliphatic carbocycles. The van der Waals surface area contributed by atoms with Crippen molar-refractivity contribution < 1.29 is 27.1 Å². The molecule has 1 atom stereocenters. The number of sulfonamides is 1. The average Bonchev–Trinajstić information content (AvgIpc) is 3.01. The number of carbonyl (C=O) groups excluding carboxylic acids is 2. The summed E-state index contributed by atoms with van der Waals surface area (Å²) in [5.41, 5.74) is 1.23. The van der Waals surface area contributed by atoms with Gasteiger partial charge in [0.25, 0.3) is 5.91 Å². The predicted molar refractivity (Wildman–Crippen MR) is 105 cm³/mol. The summed E-state index contributed by atoms with van der Waals surface area (Å²) in [7, 11) is -1.20. The number of esters is 1. The van der Waals surface area contributed by atoms with E-state index in [2.05, 4.69) is 0 Å². The summed E-state index contributed by atoms with van der Waals surface area (Å²) in [5.74, 6) is -2.47. The van der Waals surface area contributed by atoms with E-state index in [1.807, 2.05) is 31.2 Å². The number of hydrogen-bond donors (Lipinski definition) is 0. The van der Waals surface area contributed by atoms with Crippen molar-refractivity contribution in [1.82, 2.24) is 4.31 Å². The Bertz CT molecular complexity index is 1070. The van der Waals surface area contributed by atoms with Gasteiger partial charge in [0.1, 0.15) is 5.82 Å². The number of nitrogens with zero attached hydrogens (tertiary/aromatic N) is 2. The van der Waals surface area contributed by atoms with Crippen LogP contribution in [-0.2, 0) is 26.0 Å². The zero-order chi connectivity index (χ0) is 21.3. The van der Waals surface area contributed by atoms with Crippen LogP contribution in [0.3, 0.4) is 0 Å². The van der Waals surface area contributed by atoms with Crippen LogP contribution in [0.1, 0.15) is 22.8 Å². The second kappa shape index (κ2) is 7.92. The molecule has 0 spiro atoms. The first-order chi connectivity index (χ1) is 13.6. The largest absolute Gasteiger partial charge is 0.452 e. The molecular weight excluding hydrogens is 399 g/mol. The summed E-state index contributed by atoms with van der Waals surface area (Å²) in [6.45, 7) is 1.30. The third-order valence-electron chi connectivity index (χ3n) is 4.74. The first-order valence-electron chi connectivity index (χ1n) is 8.92. The highest BCUT2D eigenvalue weighted by molar-refractivity contribution is 7.89. The molecule has 0 N–H and O–H groups in total. The fourth-order valence-corrected chi connectivity index (χ4v) is 4.18. The smallest absolute Gasteiger partial charge is 0.341 e. The molecule has 1 heterocycles. The van der Waals surface area contributed by atoms with Crippen molar-refractivity contribution in [3.63, 3.8) is 0 Å². The monoisotopic (exact) mass is 420 g/mol. The lowest BCUT2D eigenvalue weighted by Crippen LogP contribution is -2.38. The molecule has 0 saturated heterocycles. The molecule has 154 valence electrons. The van der Waals surface area contributed by atoms with E-state index in [-0.39, 0.29) is 10.9 Å². The third-order valence-corrected chi connectivity index (χ3v) is 6.55. The van der Waals surface area contributed by atoms with Gasteiger partial charge in [-0.25, -0.2) is 21.9 Å². The molecule has 0 bridgehead atoms. The minimum absolute atomic E-state index is 0.0936. The molecular formula is C20H21FN2O5S. The van der Waals surface area contributed by atoms with Crippen LogP contribution in [0, 0.1) is 5.82 Å². The minimum Gasteiger partial charge on any atom is -0.452 e. The van der Waals surface area contributed by atoms with Crippen molar-refractivity contribution in [2.45, 2.75) is 24.3 Å². The summed E-state index contributed by atoms with van der Waals surface area (Å²) < 4.78 is 44.4. The number of fused-ring (bicyclic) bond motifs is 1. The van der Waals surface area contributed by atoms with E-state index in [0.29, 0.717) is 6.42 Å². The first kappa shape index (κ1) is 20.9. The summed E-state index contributed by atoms with van der Waals surface area (Å²) in [4.78, 5) is 26.2. The standard InChI is InChI=1S/C20H21FN2O5S/c1-13-10-14-6-4-5-7-18(14)23(13)19(24)12-28-20(25)16-11-15(8-9-17(16)21)29(26,27)22(2)3/h4-9,11,13H,10,12H2,1-3H3/t13-/m1/s1. The Balaban J connectivity index is 1.76. The molecule has 29 heavy (non-hydrogen) atoms. The lowest BCUT2D eigenvalue weighted by atomic mass is 10.1. The van der Waals surface area contributed by atoms with Gasteiger partial charge in [0.15, 0.2) is 6.61 Å². The molecule has 0 unspecified atom stereocenters. The lowest BCUT2D eigenvalue weighted by Gasteiger charge is -2.22. The Kier molecular flexibility index (Phi) is 5.72. The van der Waals surface area contributed by atoms with Crippen molar-refractivity contribution in [3.8, 4) is 0 Å². The fourth-order valence-electron chi connectivity index (χ4n) is 3.25.